The Balaban J connectivity index is 1.41. The molecule has 0 saturated carbocycles. The van der Waals surface area contributed by atoms with Gasteiger partial charge in [-0.15, -0.1) is 0 Å². The molecular weight excluding hydrogens is 532 g/mol. The van der Waals surface area contributed by atoms with E-state index in [4.69, 9.17) is 28.8 Å². The van der Waals surface area contributed by atoms with Gasteiger partial charge in [0.1, 0.15) is 36.2 Å². The van der Waals surface area contributed by atoms with Crippen molar-refractivity contribution in [1.29, 1.82) is 0 Å². The molecule has 3 rings (SSSR count). The molecule has 0 aliphatic heterocycles. The van der Waals surface area contributed by atoms with E-state index in [0.29, 0.717) is 60.0 Å². The summed E-state index contributed by atoms with van der Waals surface area (Å²) in [4.78, 5) is 34.9. The van der Waals surface area contributed by atoms with Gasteiger partial charge in [-0.2, -0.15) is 0 Å². The molecule has 10 heteroatoms. The number of ketones is 2. The molecule has 3 aromatic carbocycles. The standard InChI is InChI=1S/C31H36O10/c1-4-5-25-27(11-9-24(20(2)32)31(25)36)39-16-14-37-12-13-38-15-17-40-28-10-7-22-6-8-23(41-19-29(34)35)18-26(22)30(28)21(3)33/h6-11,18,36H,4-5,12-17,19H2,1-3H3,(H,34,35). The summed E-state index contributed by atoms with van der Waals surface area (Å²) in [5.74, 6) is -0.219. The van der Waals surface area contributed by atoms with Crippen molar-refractivity contribution < 1.29 is 48.3 Å². The van der Waals surface area contributed by atoms with Crippen LogP contribution in [0.4, 0.5) is 0 Å². The second-order valence-electron chi connectivity index (χ2n) is 9.23. The number of carbonyl (C=O) groups is 3. The average molecular weight is 569 g/mol. The molecule has 3 aromatic rings. The summed E-state index contributed by atoms with van der Waals surface area (Å²) in [6.07, 6.45) is 1.39. The largest absolute Gasteiger partial charge is 0.507 e. The molecule has 0 fully saturated rings. The van der Waals surface area contributed by atoms with Gasteiger partial charge in [-0.25, -0.2) is 4.79 Å². The van der Waals surface area contributed by atoms with E-state index in [2.05, 4.69) is 0 Å². The van der Waals surface area contributed by atoms with Crippen molar-refractivity contribution in [1.82, 2.24) is 0 Å². The van der Waals surface area contributed by atoms with Gasteiger partial charge in [-0.1, -0.05) is 25.5 Å². The highest BCUT2D eigenvalue weighted by Crippen LogP contribution is 2.33. The molecule has 0 amide bonds. The maximum Gasteiger partial charge on any atom is 0.341 e. The summed E-state index contributed by atoms with van der Waals surface area (Å²) >= 11 is 0. The van der Waals surface area contributed by atoms with Gasteiger partial charge in [-0.3, -0.25) is 9.59 Å². The first-order valence-corrected chi connectivity index (χ1v) is 13.4. The first-order chi connectivity index (χ1) is 19.7. The number of carbonyl (C=O) groups excluding carboxylic acids is 2. The van der Waals surface area contributed by atoms with E-state index < -0.39 is 12.6 Å². The van der Waals surface area contributed by atoms with E-state index in [1.807, 2.05) is 13.0 Å². The molecule has 0 aliphatic rings. The number of ether oxygens (including phenoxy) is 5. The summed E-state index contributed by atoms with van der Waals surface area (Å²) < 4.78 is 28.0. The van der Waals surface area contributed by atoms with E-state index in [-0.39, 0.29) is 42.7 Å². The smallest absolute Gasteiger partial charge is 0.341 e. The second kappa shape index (κ2) is 15.6. The van der Waals surface area contributed by atoms with Gasteiger partial charge in [0.2, 0.25) is 0 Å². The summed E-state index contributed by atoms with van der Waals surface area (Å²) in [6.45, 7) is 6.12. The Bertz CT molecular complexity index is 1360. The first-order valence-electron chi connectivity index (χ1n) is 13.4. The van der Waals surface area contributed by atoms with Crippen molar-refractivity contribution in [3.63, 3.8) is 0 Å². The highest BCUT2D eigenvalue weighted by Gasteiger charge is 2.16. The van der Waals surface area contributed by atoms with E-state index in [0.717, 1.165) is 11.8 Å². The molecule has 220 valence electrons. The molecule has 0 radical (unpaired) electrons. The number of phenols is 1. The van der Waals surface area contributed by atoms with Crippen molar-refractivity contribution in [3.05, 3.63) is 59.2 Å². The quantitative estimate of drug-likeness (QED) is 0.162. The van der Waals surface area contributed by atoms with Crippen molar-refractivity contribution in [2.75, 3.05) is 46.2 Å². The first kappa shape index (κ1) is 31.4. The maximum atomic E-state index is 12.4. The molecule has 0 atom stereocenters. The van der Waals surface area contributed by atoms with Crippen molar-refractivity contribution in [2.45, 2.75) is 33.6 Å². The monoisotopic (exact) mass is 568 g/mol. The van der Waals surface area contributed by atoms with E-state index >= 15 is 0 Å². The molecular formula is C31H36O10. The number of hydrogen-bond acceptors (Lipinski definition) is 9. The van der Waals surface area contributed by atoms with Crippen molar-refractivity contribution in [2.24, 2.45) is 0 Å². The minimum Gasteiger partial charge on any atom is -0.507 e. The Morgan fingerprint density at radius 1 is 0.756 bits per heavy atom. The zero-order chi connectivity index (χ0) is 29.8. The average Bonchev–Trinajstić information content (AvgIpc) is 2.93. The normalized spacial score (nSPS) is 10.9. The number of hydrogen-bond donors (Lipinski definition) is 2. The van der Waals surface area contributed by atoms with Crippen molar-refractivity contribution in [3.8, 4) is 23.0 Å². The third-order valence-electron chi connectivity index (χ3n) is 6.13. The number of aromatic hydroxyl groups is 1. The fourth-order valence-corrected chi connectivity index (χ4v) is 4.27. The van der Waals surface area contributed by atoms with Gasteiger partial charge in [-0.05, 0) is 61.4 Å². The number of aliphatic carboxylic acids is 1. The van der Waals surface area contributed by atoms with Gasteiger partial charge in [0.25, 0.3) is 0 Å². The SMILES string of the molecule is CCCc1c(OCCOCCOCCOc2ccc3ccc(OCC(=O)O)cc3c2C(C)=O)ccc(C(C)=O)c1O. The van der Waals surface area contributed by atoms with E-state index in [9.17, 15) is 19.5 Å². The Labute approximate surface area is 238 Å². The van der Waals surface area contributed by atoms with Crippen LogP contribution in [0.3, 0.4) is 0 Å². The number of Topliss-reactive ketones (excluding diaryl/α,β-unsaturated/α-hetero) is 2. The lowest BCUT2D eigenvalue weighted by atomic mass is 10.0. The summed E-state index contributed by atoms with van der Waals surface area (Å²) in [5.41, 5.74) is 1.29. The van der Waals surface area contributed by atoms with Crippen LogP contribution in [0.15, 0.2) is 42.5 Å². The predicted octanol–water partition coefficient (Wildman–Crippen LogP) is 4.86. The highest BCUT2D eigenvalue weighted by molar-refractivity contribution is 6.09. The van der Waals surface area contributed by atoms with Crippen LogP contribution >= 0.6 is 0 Å². The zero-order valence-corrected chi connectivity index (χ0v) is 23.6. The molecule has 0 saturated heterocycles. The number of fused-ring (bicyclic) bond motifs is 1. The Morgan fingerprint density at radius 2 is 1.37 bits per heavy atom. The third kappa shape index (κ3) is 8.92. The van der Waals surface area contributed by atoms with E-state index in [1.165, 1.54) is 13.8 Å². The van der Waals surface area contributed by atoms with Crippen LogP contribution in [-0.2, 0) is 20.7 Å². The lowest BCUT2D eigenvalue weighted by molar-refractivity contribution is -0.139. The second-order valence-corrected chi connectivity index (χ2v) is 9.23. The molecule has 0 unspecified atom stereocenters. The van der Waals surface area contributed by atoms with Gasteiger partial charge in [0.15, 0.2) is 18.2 Å². The number of carboxylic acids is 1. The highest BCUT2D eigenvalue weighted by atomic mass is 16.6. The fraction of sp³-hybridized carbons (Fsp3) is 0.387. The lowest BCUT2D eigenvalue weighted by Gasteiger charge is -2.15. The molecule has 0 bridgehead atoms. The Hall–Kier alpha value is -4.15. The summed E-state index contributed by atoms with van der Waals surface area (Å²) in [5, 5.41) is 20.7. The molecule has 10 nitrogen and oxygen atoms in total. The van der Waals surface area contributed by atoms with Crippen LogP contribution < -0.4 is 14.2 Å². The van der Waals surface area contributed by atoms with Crippen LogP contribution in [0, 0.1) is 0 Å². The number of phenolic OH excluding ortho intramolecular Hbond substituents is 1. The van der Waals surface area contributed by atoms with Crippen LogP contribution in [0.1, 0.15) is 53.5 Å². The van der Waals surface area contributed by atoms with Gasteiger partial charge in [0, 0.05) is 5.56 Å². The number of benzene rings is 3. The lowest BCUT2D eigenvalue weighted by Crippen LogP contribution is -2.14. The molecule has 0 spiro atoms. The van der Waals surface area contributed by atoms with Crippen LogP contribution in [-0.4, -0.2) is 74.0 Å². The minimum atomic E-state index is -1.09. The molecule has 41 heavy (non-hydrogen) atoms. The third-order valence-corrected chi connectivity index (χ3v) is 6.13. The summed E-state index contributed by atoms with van der Waals surface area (Å²) in [6, 6.07) is 11.8. The van der Waals surface area contributed by atoms with Crippen LogP contribution in [0.25, 0.3) is 10.8 Å². The zero-order valence-electron chi connectivity index (χ0n) is 23.6. The topological polar surface area (TPSA) is 138 Å². The van der Waals surface area contributed by atoms with E-state index in [1.54, 1.807) is 36.4 Å². The van der Waals surface area contributed by atoms with Crippen LogP contribution in [0.5, 0.6) is 23.0 Å². The fourth-order valence-electron chi connectivity index (χ4n) is 4.27. The molecule has 0 aromatic heterocycles. The molecule has 0 aliphatic carbocycles. The Kier molecular flexibility index (Phi) is 11.9. The Morgan fingerprint density at radius 3 is 1.98 bits per heavy atom. The van der Waals surface area contributed by atoms with Gasteiger partial charge >= 0.3 is 5.97 Å². The van der Waals surface area contributed by atoms with Gasteiger partial charge < -0.3 is 33.9 Å². The molecule has 2 N–H and O–H groups in total. The summed E-state index contributed by atoms with van der Waals surface area (Å²) in [7, 11) is 0. The number of rotatable bonds is 18. The number of carboxylic acid groups (broad SMARTS) is 1. The van der Waals surface area contributed by atoms with Crippen molar-refractivity contribution >= 4 is 28.3 Å². The van der Waals surface area contributed by atoms with Gasteiger partial charge in [0.05, 0.1) is 37.6 Å². The predicted molar refractivity (Wildman–Crippen MR) is 152 cm³/mol. The molecule has 0 heterocycles. The maximum absolute atomic E-state index is 12.4. The van der Waals surface area contributed by atoms with Crippen LogP contribution in [0.2, 0.25) is 0 Å². The minimum absolute atomic E-state index is 0.0259.